The first-order valence-corrected chi connectivity index (χ1v) is 6.98. The van der Waals surface area contributed by atoms with Crippen molar-refractivity contribution in [2.75, 3.05) is 32.0 Å². The molecule has 0 bridgehead atoms. The SMILES string of the molecule is CC1CN(C(=O)C2Cc3ccccc3N2)CCN1C. The Labute approximate surface area is 114 Å². The number of amides is 1. The van der Waals surface area contributed by atoms with E-state index in [1.165, 1.54) is 5.56 Å². The zero-order valence-corrected chi connectivity index (χ0v) is 11.6. The summed E-state index contributed by atoms with van der Waals surface area (Å²) >= 11 is 0. The van der Waals surface area contributed by atoms with Crippen molar-refractivity contribution in [1.82, 2.24) is 9.80 Å². The number of hydrogen-bond acceptors (Lipinski definition) is 3. The largest absolute Gasteiger partial charge is 0.373 e. The second kappa shape index (κ2) is 4.85. The average Bonchev–Trinajstić information content (AvgIpc) is 2.85. The van der Waals surface area contributed by atoms with Gasteiger partial charge >= 0.3 is 0 Å². The second-order valence-corrected chi connectivity index (χ2v) is 5.67. The highest BCUT2D eigenvalue weighted by molar-refractivity contribution is 5.87. The van der Waals surface area contributed by atoms with Crippen LogP contribution in [-0.4, -0.2) is 54.5 Å². The zero-order chi connectivity index (χ0) is 13.4. The predicted molar refractivity (Wildman–Crippen MR) is 76.2 cm³/mol. The van der Waals surface area contributed by atoms with Crippen LogP contribution in [-0.2, 0) is 11.2 Å². The van der Waals surface area contributed by atoms with Crippen LogP contribution in [0.4, 0.5) is 5.69 Å². The van der Waals surface area contributed by atoms with Crippen molar-refractivity contribution in [1.29, 1.82) is 0 Å². The molecule has 1 saturated heterocycles. The zero-order valence-electron chi connectivity index (χ0n) is 11.6. The number of carbonyl (C=O) groups excluding carboxylic acids is 1. The monoisotopic (exact) mass is 259 g/mol. The van der Waals surface area contributed by atoms with Crippen LogP contribution in [0.25, 0.3) is 0 Å². The lowest BCUT2D eigenvalue weighted by atomic mass is 10.1. The van der Waals surface area contributed by atoms with Crippen molar-refractivity contribution in [3.63, 3.8) is 0 Å². The van der Waals surface area contributed by atoms with Crippen LogP contribution in [0.3, 0.4) is 0 Å². The van der Waals surface area contributed by atoms with Crippen molar-refractivity contribution < 1.29 is 4.79 Å². The number of fused-ring (bicyclic) bond motifs is 1. The Balaban J connectivity index is 1.67. The molecule has 2 aliphatic rings. The van der Waals surface area contributed by atoms with Crippen LogP contribution in [0, 0.1) is 0 Å². The number of rotatable bonds is 1. The van der Waals surface area contributed by atoms with Gasteiger partial charge in [0.25, 0.3) is 0 Å². The Morgan fingerprint density at radius 1 is 1.32 bits per heavy atom. The first-order valence-electron chi connectivity index (χ1n) is 6.98. The molecule has 0 saturated carbocycles. The Kier molecular flexibility index (Phi) is 3.19. The number of anilines is 1. The minimum Gasteiger partial charge on any atom is -0.373 e. The summed E-state index contributed by atoms with van der Waals surface area (Å²) in [5.74, 6) is 0.246. The summed E-state index contributed by atoms with van der Waals surface area (Å²) in [4.78, 5) is 16.9. The fourth-order valence-electron chi connectivity index (χ4n) is 2.92. The topological polar surface area (TPSA) is 35.6 Å². The lowest BCUT2D eigenvalue weighted by Crippen LogP contribution is -2.55. The molecule has 1 aromatic rings. The number of carbonyl (C=O) groups is 1. The van der Waals surface area contributed by atoms with Crippen molar-refractivity contribution in [3.05, 3.63) is 29.8 Å². The van der Waals surface area contributed by atoms with Gasteiger partial charge in [-0.15, -0.1) is 0 Å². The number of para-hydroxylation sites is 1. The number of benzene rings is 1. The van der Waals surface area contributed by atoms with E-state index >= 15 is 0 Å². The highest BCUT2D eigenvalue weighted by Crippen LogP contribution is 2.26. The summed E-state index contributed by atoms with van der Waals surface area (Å²) in [5, 5.41) is 3.35. The van der Waals surface area contributed by atoms with E-state index in [9.17, 15) is 4.79 Å². The Hall–Kier alpha value is -1.55. The molecule has 102 valence electrons. The molecule has 0 aromatic heterocycles. The summed E-state index contributed by atoms with van der Waals surface area (Å²) in [6.07, 6.45) is 0.815. The van der Waals surface area contributed by atoms with E-state index in [1.807, 2.05) is 17.0 Å². The lowest BCUT2D eigenvalue weighted by molar-refractivity contribution is -0.134. The van der Waals surface area contributed by atoms with Gasteiger partial charge in [0.1, 0.15) is 6.04 Å². The third-order valence-corrected chi connectivity index (χ3v) is 4.34. The molecule has 1 aromatic carbocycles. The minimum atomic E-state index is -0.0759. The van der Waals surface area contributed by atoms with Gasteiger partial charge in [-0.25, -0.2) is 0 Å². The quantitative estimate of drug-likeness (QED) is 0.823. The molecule has 2 aliphatic heterocycles. The van der Waals surface area contributed by atoms with E-state index in [-0.39, 0.29) is 11.9 Å². The van der Waals surface area contributed by atoms with Crippen LogP contribution in [0.5, 0.6) is 0 Å². The molecular weight excluding hydrogens is 238 g/mol. The van der Waals surface area contributed by atoms with Crippen molar-refractivity contribution in [2.45, 2.75) is 25.4 Å². The van der Waals surface area contributed by atoms with E-state index < -0.39 is 0 Å². The highest BCUT2D eigenvalue weighted by atomic mass is 16.2. The third-order valence-electron chi connectivity index (χ3n) is 4.34. The summed E-state index contributed by atoms with van der Waals surface area (Å²) in [7, 11) is 2.12. The average molecular weight is 259 g/mol. The minimum absolute atomic E-state index is 0.0759. The van der Waals surface area contributed by atoms with Crippen LogP contribution in [0.1, 0.15) is 12.5 Å². The molecule has 1 fully saturated rings. The normalized spacial score (nSPS) is 26.9. The first-order chi connectivity index (χ1) is 9.15. The van der Waals surface area contributed by atoms with Gasteiger partial charge in [-0.05, 0) is 25.6 Å². The van der Waals surface area contributed by atoms with Gasteiger partial charge in [0.15, 0.2) is 0 Å². The lowest BCUT2D eigenvalue weighted by Gasteiger charge is -2.38. The highest BCUT2D eigenvalue weighted by Gasteiger charge is 2.32. The van der Waals surface area contributed by atoms with E-state index in [2.05, 4.69) is 36.3 Å². The number of likely N-dealkylation sites (N-methyl/N-ethyl adjacent to an activating group) is 1. The second-order valence-electron chi connectivity index (χ2n) is 5.67. The van der Waals surface area contributed by atoms with Gasteiger partial charge in [-0.3, -0.25) is 4.79 Å². The van der Waals surface area contributed by atoms with Crippen molar-refractivity contribution in [3.8, 4) is 0 Å². The summed E-state index contributed by atoms with van der Waals surface area (Å²) < 4.78 is 0. The molecule has 4 heteroatoms. The molecule has 0 spiro atoms. The molecule has 1 amide bonds. The van der Waals surface area contributed by atoms with E-state index in [0.29, 0.717) is 6.04 Å². The predicted octanol–water partition coefficient (Wildman–Crippen LogP) is 1.19. The Morgan fingerprint density at radius 2 is 2.11 bits per heavy atom. The van der Waals surface area contributed by atoms with Gasteiger partial charge < -0.3 is 15.1 Å². The molecule has 19 heavy (non-hydrogen) atoms. The number of piperazine rings is 1. The van der Waals surface area contributed by atoms with E-state index in [4.69, 9.17) is 0 Å². The smallest absolute Gasteiger partial charge is 0.245 e. The maximum atomic E-state index is 12.6. The maximum absolute atomic E-state index is 12.6. The van der Waals surface area contributed by atoms with Crippen LogP contribution in [0.2, 0.25) is 0 Å². The molecule has 0 aliphatic carbocycles. The Morgan fingerprint density at radius 3 is 2.84 bits per heavy atom. The van der Waals surface area contributed by atoms with E-state index in [0.717, 1.165) is 31.7 Å². The number of nitrogens with one attached hydrogen (secondary N) is 1. The number of nitrogens with zero attached hydrogens (tertiary/aromatic N) is 2. The fraction of sp³-hybridized carbons (Fsp3) is 0.533. The van der Waals surface area contributed by atoms with Crippen LogP contribution < -0.4 is 5.32 Å². The fourth-order valence-corrected chi connectivity index (χ4v) is 2.92. The third kappa shape index (κ3) is 2.32. The van der Waals surface area contributed by atoms with Gasteiger partial charge in [-0.2, -0.15) is 0 Å². The standard InChI is InChI=1S/C15H21N3O/c1-11-10-18(8-7-17(11)2)15(19)14-9-12-5-3-4-6-13(12)16-14/h3-6,11,14,16H,7-10H2,1-2H3. The van der Waals surface area contributed by atoms with Gasteiger partial charge in [0.05, 0.1) is 0 Å². The van der Waals surface area contributed by atoms with Gasteiger partial charge in [0, 0.05) is 37.8 Å². The summed E-state index contributed by atoms with van der Waals surface area (Å²) in [5.41, 5.74) is 2.37. The molecule has 2 unspecified atom stereocenters. The van der Waals surface area contributed by atoms with Gasteiger partial charge in [-0.1, -0.05) is 18.2 Å². The number of hydrogen-bond donors (Lipinski definition) is 1. The van der Waals surface area contributed by atoms with Crippen LogP contribution >= 0.6 is 0 Å². The van der Waals surface area contributed by atoms with Crippen LogP contribution in [0.15, 0.2) is 24.3 Å². The summed E-state index contributed by atoms with van der Waals surface area (Å²) in [6.45, 7) is 4.82. The molecule has 2 atom stereocenters. The maximum Gasteiger partial charge on any atom is 0.245 e. The molecule has 3 rings (SSSR count). The Bertz CT molecular complexity index is 463. The van der Waals surface area contributed by atoms with E-state index in [1.54, 1.807) is 0 Å². The molecule has 4 nitrogen and oxygen atoms in total. The molecule has 2 heterocycles. The summed E-state index contributed by atoms with van der Waals surface area (Å²) in [6, 6.07) is 8.56. The molecule has 0 radical (unpaired) electrons. The molecule has 1 N–H and O–H groups in total. The van der Waals surface area contributed by atoms with Gasteiger partial charge in [0.2, 0.25) is 5.91 Å². The van der Waals surface area contributed by atoms with Crippen molar-refractivity contribution >= 4 is 11.6 Å². The first kappa shape index (κ1) is 12.5. The van der Waals surface area contributed by atoms with Crippen molar-refractivity contribution in [2.24, 2.45) is 0 Å². The molecular formula is C15H21N3O.